The molecule has 5 atom stereocenters. The first-order valence-corrected chi connectivity index (χ1v) is 43.2. The Morgan fingerprint density at radius 1 is 0.258 bits per heavy atom. The molecule has 97 heavy (non-hydrogen) atoms. The molecule has 0 fully saturated rings. The fourth-order valence-electron chi connectivity index (χ4n) is 11.9. The summed E-state index contributed by atoms with van der Waals surface area (Å²) < 4.78 is 68.6. The molecule has 19 heteroatoms. The van der Waals surface area contributed by atoms with Crippen LogP contribution in [0.25, 0.3) is 0 Å². The fraction of sp³-hybridized carbons (Fsp3) is 0.949. The van der Waals surface area contributed by atoms with Crippen molar-refractivity contribution >= 4 is 39.5 Å². The average Bonchev–Trinajstić information content (AvgIpc) is 1.16. The predicted octanol–water partition coefficient (Wildman–Crippen LogP) is 22.8. The molecule has 17 nitrogen and oxygen atoms in total. The molecule has 0 rings (SSSR count). The highest BCUT2D eigenvalue weighted by molar-refractivity contribution is 7.47. The molecule has 0 aromatic carbocycles. The molecule has 0 bridgehead atoms. The largest absolute Gasteiger partial charge is 0.472 e. The van der Waals surface area contributed by atoms with E-state index >= 15 is 0 Å². The summed E-state index contributed by atoms with van der Waals surface area (Å²) in [5.74, 6) is 0.924. The maximum absolute atomic E-state index is 13.1. The van der Waals surface area contributed by atoms with Crippen LogP contribution in [0.5, 0.6) is 0 Å². The Bertz CT molecular complexity index is 1900. The molecule has 0 aliphatic heterocycles. The third-order valence-electron chi connectivity index (χ3n) is 18.1. The summed E-state index contributed by atoms with van der Waals surface area (Å²) >= 11 is 0. The lowest BCUT2D eigenvalue weighted by atomic mass is 10.0. The topological polar surface area (TPSA) is 237 Å². The molecule has 0 aromatic heterocycles. The number of phosphoric acid groups is 2. The summed E-state index contributed by atoms with van der Waals surface area (Å²) in [5.41, 5.74) is 0. The molecular formula is C78H152O17P2. The Labute approximate surface area is 594 Å². The predicted molar refractivity (Wildman–Crippen MR) is 395 cm³/mol. The number of carbonyl (C=O) groups is 4. The first kappa shape index (κ1) is 95.1. The molecule has 0 aliphatic rings. The molecule has 0 saturated heterocycles. The number of ether oxygens (including phenoxy) is 4. The van der Waals surface area contributed by atoms with Gasteiger partial charge >= 0.3 is 39.5 Å². The van der Waals surface area contributed by atoms with Crippen LogP contribution in [0.2, 0.25) is 0 Å². The summed E-state index contributed by atoms with van der Waals surface area (Å²) in [6, 6.07) is 0. The maximum Gasteiger partial charge on any atom is 0.472 e. The van der Waals surface area contributed by atoms with Crippen molar-refractivity contribution in [2.75, 3.05) is 39.6 Å². The third-order valence-corrected chi connectivity index (χ3v) is 20.0. The normalized spacial score (nSPS) is 14.1. The van der Waals surface area contributed by atoms with E-state index in [9.17, 15) is 43.2 Å². The molecule has 0 amide bonds. The number of aliphatic hydroxyl groups excluding tert-OH is 1. The first-order valence-electron chi connectivity index (χ1n) is 40.2. The van der Waals surface area contributed by atoms with Gasteiger partial charge in [0, 0.05) is 25.7 Å². The molecule has 3 unspecified atom stereocenters. The van der Waals surface area contributed by atoms with Gasteiger partial charge in [0.15, 0.2) is 12.2 Å². The van der Waals surface area contributed by atoms with E-state index in [1.807, 2.05) is 0 Å². The van der Waals surface area contributed by atoms with Crippen LogP contribution in [0.1, 0.15) is 396 Å². The molecule has 3 N–H and O–H groups in total. The SMILES string of the molecule is CC(C)CCCCCCCCCCCCCCCCCCC(=O)OC[C@H](COP(=O)(O)OCC(O)COP(=O)(O)OC[C@@H](COC(=O)CCCCCCCCCCC(C)C)OC(=O)CCCCCCCCCCC(C)C)OC(=O)CCCCCCCCCCCCCCCC(C)C. The smallest absolute Gasteiger partial charge is 0.462 e. The quantitative estimate of drug-likeness (QED) is 0.0222. The van der Waals surface area contributed by atoms with Crippen molar-refractivity contribution in [1.82, 2.24) is 0 Å². The Morgan fingerprint density at radius 3 is 0.639 bits per heavy atom. The van der Waals surface area contributed by atoms with E-state index in [1.165, 1.54) is 199 Å². The van der Waals surface area contributed by atoms with Crippen molar-refractivity contribution in [3.63, 3.8) is 0 Å². The van der Waals surface area contributed by atoms with E-state index in [4.69, 9.17) is 37.0 Å². The van der Waals surface area contributed by atoms with Gasteiger partial charge in [-0.1, -0.05) is 344 Å². The summed E-state index contributed by atoms with van der Waals surface area (Å²) in [6.07, 6.45) is 52.8. The van der Waals surface area contributed by atoms with Gasteiger partial charge < -0.3 is 33.8 Å². The highest BCUT2D eigenvalue weighted by Gasteiger charge is 2.30. The van der Waals surface area contributed by atoms with Gasteiger partial charge in [-0.25, -0.2) is 9.13 Å². The van der Waals surface area contributed by atoms with Crippen molar-refractivity contribution in [3.05, 3.63) is 0 Å². The van der Waals surface area contributed by atoms with Crippen LogP contribution in [0, 0.1) is 23.7 Å². The Morgan fingerprint density at radius 2 is 0.433 bits per heavy atom. The molecule has 0 saturated carbocycles. The van der Waals surface area contributed by atoms with Gasteiger partial charge in [0.05, 0.1) is 26.4 Å². The zero-order chi connectivity index (χ0) is 71.7. The second-order valence-electron chi connectivity index (χ2n) is 30.0. The number of phosphoric ester groups is 2. The summed E-state index contributed by atoms with van der Waals surface area (Å²) in [6.45, 7) is 14.2. The highest BCUT2D eigenvalue weighted by Crippen LogP contribution is 2.45. The summed E-state index contributed by atoms with van der Waals surface area (Å²) in [4.78, 5) is 72.9. The van der Waals surface area contributed by atoms with Gasteiger partial charge in [-0.3, -0.25) is 37.3 Å². The maximum atomic E-state index is 13.1. The van der Waals surface area contributed by atoms with Crippen molar-refractivity contribution in [1.29, 1.82) is 0 Å². The van der Waals surface area contributed by atoms with Crippen LogP contribution >= 0.6 is 15.6 Å². The van der Waals surface area contributed by atoms with Crippen LogP contribution in [-0.2, 0) is 65.4 Å². The molecular weight excluding hydrogens is 1270 g/mol. The van der Waals surface area contributed by atoms with Gasteiger partial charge in [-0.05, 0) is 49.4 Å². The van der Waals surface area contributed by atoms with Crippen LogP contribution in [-0.4, -0.2) is 96.7 Å². The number of rotatable bonds is 75. The second-order valence-corrected chi connectivity index (χ2v) is 32.9. The summed E-state index contributed by atoms with van der Waals surface area (Å²) in [7, 11) is -9.92. The Hall–Kier alpha value is -1.94. The number of hydrogen-bond acceptors (Lipinski definition) is 15. The van der Waals surface area contributed by atoms with Gasteiger partial charge in [0.25, 0.3) is 0 Å². The van der Waals surface area contributed by atoms with E-state index in [2.05, 4.69) is 55.4 Å². The van der Waals surface area contributed by atoms with Crippen molar-refractivity contribution in [3.8, 4) is 0 Å². The van der Waals surface area contributed by atoms with Crippen molar-refractivity contribution in [2.45, 2.75) is 414 Å². The first-order chi connectivity index (χ1) is 46.6. The molecule has 0 aromatic rings. The standard InChI is InChI=1S/C78H152O17P2/c1-68(2)54-46-38-30-22-18-14-11-9-10-12-16-20-24-34-42-50-58-75(80)88-64-73(94-77(82)60-52-44-36-25-21-17-13-15-19-23-31-39-47-55-69(3)4)66-92-96(84,85)90-62-72(79)63-91-97(86,87)93-67-74(95-78(83)61-53-45-37-29-27-33-41-49-57-71(7)8)65-89-76(81)59-51-43-35-28-26-32-40-48-56-70(5)6/h68-74,79H,9-67H2,1-8H3,(H,84,85)(H,86,87)/t72?,73-,74-/m1/s1. The lowest BCUT2D eigenvalue weighted by Gasteiger charge is -2.21. The van der Waals surface area contributed by atoms with E-state index in [0.29, 0.717) is 25.7 Å². The lowest BCUT2D eigenvalue weighted by Crippen LogP contribution is -2.30. The van der Waals surface area contributed by atoms with Crippen LogP contribution < -0.4 is 0 Å². The van der Waals surface area contributed by atoms with Crippen LogP contribution in [0.4, 0.5) is 0 Å². The number of unbranched alkanes of at least 4 members (excludes halogenated alkanes) is 41. The van der Waals surface area contributed by atoms with Crippen LogP contribution in [0.3, 0.4) is 0 Å². The molecule has 0 aliphatic carbocycles. The lowest BCUT2D eigenvalue weighted by molar-refractivity contribution is -0.161. The molecule has 576 valence electrons. The number of carbonyl (C=O) groups excluding carboxylic acids is 4. The Kier molecular flexibility index (Phi) is 65.9. The monoisotopic (exact) mass is 1420 g/mol. The molecule has 0 heterocycles. The van der Waals surface area contributed by atoms with Crippen LogP contribution in [0.15, 0.2) is 0 Å². The van der Waals surface area contributed by atoms with Gasteiger partial charge in [-0.15, -0.1) is 0 Å². The van der Waals surface area contributed by atoms with E-state index in [-0.39, 0.29) is 25.7 Å². The van der Waals surface area contributed by atoms with Gasteiger partial charge in [0.1, 0.15) is 19.3 Å². The van der Waals surface area contributed by atoms with E-state index < -0.39 is 97.5 Å². The van der Waals surface area contributed by atoms with E-state index in [0.717, 1.165) is 114 Å². The van der Waals surface area contributed by atoms with Gasteiger partial charge in [0.2, 0.25) is 0 Å². The fourth-order valence-corrected chi connectivity index (χ4v) is 13.5. The molecule has 0 radical (unpaired) electrons. The third kappa shape index (κ3) is 72.2. The minimum Gasteiger partial charge on any atom is -0.462 e. The minimum atomic E-state index is -4.96. The number of aliphatic hydroxyl groups is 1. The van der Waals surface area contributed by atoms with Crippen molar-refractivity contribution < 1.29 is 80.2 Å². The Balaban J connectivity index is 5.23. The highest BCUT2D eigenvalue weighted by atomic mass is 31.2. The summed E-state index contributed by atoms with van der Waals surface area (Å²) in [5, 5.41) is 10.6. The van der Waals surface area contributed by atoms with Crippen molar-refractivity contribution in [2.24, 2.45) is 23.7 Å². The van der Waals surface area contributed by atoms with Gasteiger partial charge in [-0.2, -0.15) is 0 Å². The number of esters is 4. The minimum absolute atomic E-state index is 0.104. The average molecular weight is 1420 g/mol. The van der Waals surface area contributed by atoms with E-state index in [1.54, 1.807) is 0 Å². The zero-order valence-corrected chi connectivity index (χ0v) is 65.5. The number of hydrogen-bond donors (Lipinski definition) is 3. The molecule has 0 spiro atoms. The second kappa shape index (κ2) is 67.2. The zero-order valence-electron chi connectivity index (χ0n) is 63.7.